The van der Waals surface area contributed by atoms with Crippen LogP contribution in [0.25, 0.3) is 0 Å². The molecule has 1 N–H and O–H groups in total. The molecule has 0 heterocycles. The lowest BCUT2D eigenvalue weighted by molar-refractivity contribution is -0.107. The van der Waals surface area contributed by atoms with Crippen molar-refractivity contribution in [1.29, 1.82) is 0 Å². The van der Waals surface area contributed by atoms with Crippen molar-refractivity contribution < 1.29 is 14.3 Å². The smallest absolute Gasteiger partial charge is 0.127 e. The molecular weight excluding hydrogens is 183 g/mol. The van der Waals surface area contributed by atoms with Crippen molar-refractivity contribution in [3.63, 3.8) is 0 Å². The van der Waals surface area contributed by atoms with Gasteiger partial charge in [0.15, 0.2) is 0 Å². The van der Waals surface area contributed by atoms with Gasteiger partial charge in [-0.15, -0.1) is 0 Å². The predicted octanol–water partition coefficient (Wildman–Crippen LogP) is 1.49. The van der Waals surface area contributed by atoms with E-state index in [4.69, 9.17) is 5.11 Å². The summed E-state index contributed by atoms with van der Waals surface area (Å²) in [6.45, 7) is 1.65. The molecule has 2 nitrogen and oxygen atoms in total. The first kappa shape index (κ1) is 10.9. The monoisotopic (exact) mass is 196 g/mol. The summed E-state index contributed by atoms with van der Waals surface area (Å²) in [4.78, 5) is 10.2. The number of carbonyl (C=O) groups excluding carboxylic acids is 1. The average Bonchev–Trinajstić information content (AvgIpc) is 2.09. The third-order valence-electron chi connectivity index (χ3n) is 1.95. The van der Waals surface area contributed by atoms with Gasteiger partial charge in [-0.2, -0.15) is 0 Å². The Balaban J connectivity index is 2.83. The molecule has 14 heavy (non-hydrogen) atoms. The maximum atomic E-state index is 13.2. The van der Waals surface area contributed by atoms with Gasteiger partial charge >= 0.3 is 0 Å². The van der Waals surface area contributed by atoms with Crippen molar-refractivity contribution >= 4 is 6.29 Å². The van der Waals surface area contributed by atoms with Crippen molar-refractivity contribution in [3.05, 3.63) is 35.1 Å². The van der Waals surface area contributed by atoms with E-state index in [1.54, 1.807) is 19.1 Å². The second-order valence-corrected chi connectivity index (χ2v) is 3.35. The Kier molecular flexibility index (Phi) is 3.77. The Labute approximate surface area is 82.4 Å². The second-order valence-electron chi connectivity index (χ2n) is 3.35. The molecule has 0 aliphatic carbocycles. The lowest BCUT2D eigenvalue weighted by Crippen LogP contribution is -2.05. The molecule has 0 fully saturated rings. The zero-order valence-corrected chi connectivity index (χ0v) is 8.03. The Hall–Kier alpha value is -1.22. The van der Waals surface area contributed by atoms with E-state index in [1.807, 2.05) is 0 Å². The number of benzene rings is 1. The van der Waals surface area contributed by atoms with Crippen LogP contribution in [0.15, 0.2) is 18.2 Å². The number of aliphatic hydroxyl groups is 1. The molecule has 0 aromatic heterocycles. The summed E-state index contributed by atoms with van der Waals surface area (Å²) < 4.78 is 13.2. The molecule has 3 heteroatoms. The maximum absolute atomic E-state index is 13.2. The van der Waals surface area contributed by atoms with Crippen LogP contribution in [-0.2, 0) is 17.6 Å². The highest BCUT2D eigenvalue weighted by atomic mass is 19.1. The van der Waals surface area contributed by atoms with Gasteiger partial charge in [0.05, 0.1) is 6.10 Å². The molecule has 76 valence electrons. The fourth-order valence-electron chi connectivity index (χ4n) is 1.31. The van der Waals surface area contributed by atoms with Gasteiger partial charge in [-0.3, -0.25) is 0 Å². The number of rotatable bonds is 4. The number of halogens is 1. The van der Waals surface area contributed by atoms with Gasteiger partial charge in [0.1, 0.15) is 12.1 Å². The van der Waals surface area contributed by atoms with E-state index in [9.17, 15) is 9.18 Å². The molecule has 1 atom stereocenters. The second kappa shape index (κ2) is 4.86. The summed E-state index contributed by atoms with van der Waals surface area (Å²) in [5.41, 5.74) is 1.14. The van der Waals surface area contributed by atoms with Crippen molar-refractivity contribution in [2.24, 2.45) is 0 Å². The van der Waals surface area contributed by atoms with Crippen LogP contribution in [0, 0.1) is 5.82 Å². The number of hydrogen-bond acceptors (Lipinski definition) is 2. The fraction of sp³-hybridized carbons (Fsp3) is 0.364. The molecule has 1 rings (SSSR count). The summed E-state index contributed by atoms with van der Waals surface area (Å²) in [5, 5.41) is 9.09. The SMILES string of the molecule is CC(O)Cc1ccc(CC=O)c(F)c1. The van der Waals surface area contributed by atoms with Gasteiger partial charge < -0.3 is 9.90 Å². The van der Waals surface area contributed by atoms with Gasteiger partial charge in [-0.25, -0.2) is 4.39 Å². The largest absolute Gasteiger partial charge is 0.393 e. The number of aldehydes is 1. The van der Waals surface area contributed by atoms with Crippen LogP contribution in [0.5, 0.6) is 0 Å². The quantitative estimate of drug-likeness (QED) is 0.741. The van der Waals surface area contributed by atoms with Crippen LogP contribution >= 0.6 is 0 Å². The van der Waals surface area contributed by atoms with Crippen molar-refractivity contribution in [2.45, 2.75) is 25.9 Å². The van der Waals surface area contributed by atoms with E-state index < -0.39 is 6.10 Å². The maximum Gasteiger partial charge on any atom is 0.127 e. The van der Waals surface area contributed by atoms with Crippen molar-refractivity contribution in [3.8, 4) is 0 Å². The Bertz CT molecular complexity index is 321. The summed E-state index contributed by atoms with van der Waals surface area (Å²) in [5.74, 6) is -0.379. The minimum atomic E-state index is -0.480. The Morgan fingerprint density at radius 2 is 2.29 bits per heavy atom. The molecular formula is C11H13FO2. The molecule has 1 aromatic rings. The lowest BCUT2D eigenvalue weighted by Gasteiger charge is -2.05. The summed E-state index contributed by atoms with van der Waals surface area (Å²) in [7, 11) is 0. The van der Waals surface area contributed by atoms with Crippen molar-refractivity contribution in [1.82, 2.24) is 0 Å². The minimum absolute atomic E-state index is 0.0980. The Morgan fingerprint density at radius 1 is 1.57 bits per heavy atom. The highest BCUT2D eigenvalue weighted by molar-refractivity contribution is 5.55. The normalized spacial score (nSPS) is 12.5. The highest BCUT2D eigenvalue weighted by Crippen LogP contribution is 2.12. The molecule has 1 aromatic carbocycles. The van der Waals surface area contributed by atoms with Crippen LogP contribution in [0.3, 0.4) is 0 Å². The molecule has 0 saturated carbocycles. The summed E-state index contributed by atoms with van der Waals surface area (Å²) in [6.07, 6.45) is 0.720. The number of hydrogen-bond donors (Lipinski definition) is 1. The number of carbonyl (C=O) groups is 1. The third kappa shape index (κ3) is 2.92. The van der Waals surface area contributed by atoms with Crippen LogP contribution in [0.2, 0.25) is 0 Å². The standard InChI is InChI=1S/C11H13FO2/c1-8(14)6-9-2-3-10(4-5-13)11(12)7-9/h2-3,5,7-8,14H,4,6H2,1H3. The number of aliphatic hydroxyl groups excluding tert-OH is 1. The molecule has 0 saturated heterocycles. The van der Waals surface area contributed by atoms with Gasteiger partial charge in [0.2, 0.25) is 0 Å². The van der Waals surface area contributed by atoms with Crippen molar-refractivity contribution in [2.75, 3.05) is 0 Å². The van der Waals surface area contributed by atoms with E-state index in [0.29, 0.717) is 18.3 Å². The molecule has 0 radical (unpaired) electrons. The van der Waals surface area contributed by atoms with Crippen LogP contribution in [0.4, 0.5) is 4.39 Å². The van der Waals surface area contributed by atoms with Gasteiger partial charge in [0.25, 0.3) is 0 Å². The van der Waals surface area contributed by atoms with E-state index in [-0.39, 0.29) is 12.2 Å². The highest BCUT2D eigenvalue weighted by Gasteiger charge is 2.04. The van der Waals surface area contributed by atoms with E-state index >= 15 is 0 Å². The Morgan fingerprint density at radius 3 is 2.79 bits per heavy atom. The minimum Gasteiger partial charge on any atom is -0.393 e. The molecule has 0 bridgehead atoms. The topological polar surface area (TPSA) is 37.3 Å². The van der Waals surface area contributed by atoms with E-state index in [0.717, 1.165) is 5.56 Å². The predicted molar refractivity (Wildman–Crippen MR) is 51.6 cm³/mol. The zero-order valence-electron chi connectivity index (χ0n) is 8.03. The first-order chi connectivity index (χ1) is 6.63. The van der Waals surface area contributed by atoms with Gasteiger partial charge in [-0.05, 0) is 30.5 Å². The average molecular weight is 196 g/mol. The molecule has 0 spiro atoms. The molecule has 1 unspecified atom stereocenters. The zero-order chi connectivity index (χ0) is 10.6. The van der Waals surface area contributed by atoms with Crippen LogP contribution in [0.1, 0.15) is 18.1 Å². The first-order valence-corrected chi connectivity index (χ1v) is 4.52. The van der Waals surface area contributed by atoms with Gasteiger partial charge in [-0.1, -0.05) is 12.1 Å². The molecule has 0 aliphatic rings. The van der Waals surface area contributed by atoms with Gasteiger partial charge in [0, 0.05) is 6.42 Å². The molecule has 0 aliphatic heterocycles. The third-order valence-corrected chi connectivity index (χ3v) is 1.95. The lowest BCUT2D eigenvalue weighted by atomic mass is 10.0. The summed E-state index contributed by atoms with van der Waals surface area (Å²) >= 11 is 0. The van der Waals surface area contributed by atoms with Crippen LogP contribution in [-0.4, -0.2) is 17.5 Å². The first-order valence-electron chi connectivity index (χ1n) is 4.52. The molecule has 0 amide bonds. The van der Waals surface area contributed by atoms with E-state index in [2.05, 4.69) is 0 Å². The fourth-order valence-corrected chi connectivity index (χ4v) is 1.31. The van der Waals surface area contributed by atoms with Crippen LogP contribution < -0.4 is 0 Å². The van der Waals surface area contributed by atoms with E-state index in [1.165, 1.54) is 6.07 Å². The summed E-state index contributed by atoms with van der Waals surface area (Å²) in [6, 6.07) is 4.68.